The highest BCUT2D eigenvalue weighted by Crippen LogP contribution is 2.09. The van der Waals surface area contributed by atoms with Crippen LogP contribution in [0.3, 0.4) is 0 Å². The molecule has 0 spiro atoms. The molecule has 0 bridgehead atoms. The van der Waals surface area contributed by atoms with Gasteiger partial charge in [-0.2, -0.15) is 0 Å². The number of nitrogens with zero attached hydrogens (tertiary/aromatic N) is 3. The van der Waals surface area contributed by atoms with E-state index in [9.17, 15) is 4.79 Å². The van der Waals surface area contributed by atoms with Crippen LogP contribution in [0.25, 0.3) is 0 Å². The molecular formula is C7H10N4O2. The van der Waals surface area contributed by atoms with Crippen LogP contribution in [0.15, 0.2) is 12.4 Å². The molecule has 0 fully saturated rings. The molecule has 0 aromatic carbocycles. The molecule has 0 aliphatic carbocycles. The van der Waals surface area contributed by atoms with E-state index in [0.29, 0.717) is 5.95 Å². The molecule has 0 aliphatic heterocycles. The zero-order valence-corrected chi connectivity index (χ0v) is 7.39. The highest BCUT2D eigenvalue weighted by molar-refractivity contribution is 5.67. The SMILES string of the molecule is CN(C)c1ncc(OC(N)=O)cn1. The van der Waals surface area contributed by atoms with Crippen molar-refractivity contribution in [1.82, 2.24) is 9.97 Å². The van der Waals surface area contributed by atoms with Gasteiger partial charge in [0, 0.05) is 14.1 Å². The maximum atomic E-state index is 10.3. The Morgan fingerprint density at radius 1 is 1.46 bits per heavy atom. The Kier molecular flexibility index (Phi) is 2.63. The fourth-order valence-electron chi connectivity index (χ4n) is 0.709. The molecule has 1 heterocycles. The average Bonchev–Trinajstić information content (AvgIpc) is 2.04. The summed E-state index contributed by atoms with van der Waals surface area (Å²) in [5.74, 6) is 0.773. The third-order valence-electron chi connectivity index (χ3n) is 1.23. The molecule has 1 amide bonds. The van der Waals surface area contributed by atoms with Crippen molar-refractivity contribution in [1.29, 1.82) is 0 Å². The first kappa shape index (κ1) is 9.24. The maximum absolute atomic E-state index is 10.3. The number of rotatable bonds is 2. The van der Waals surface area contributed by atoms with Gasteiger partial charge in [-0.15, -0.1) is 0 Å². The van der Waals surface area contributed by atoms with Crippen LogP contribution in [0.4, 0.5) is 10.7 Å². The summed E-state index contributed by atoms with van der Waals surface area (Å²) in [5.41, 5.74) is 4.80. The van der Waals surface area contributed by atoms with Crippen molar-refractivity contribution >= 4 is 12.0 Å². The van der Waals surface area contributed by atoms with Crippen LogP contribution < -0.4 is 15.4 Å². The monoisotopic (exact) mass is 182 g/mol. The fraction of sp³-hybridized carbons (Fsp3) is 0.286. The van der Waals surface area contributed by atoms with Crippen molar-refractivity contribution in [2.45, 2.75) is 0 Å². The Morgan fingerprint density at radius 3 is 2.38 bits per heavy atom. The summed E-state index contributed by atoms with van der Waals surface area (Å²) < 4.78 is 4.54. The Hall–Kier alpha value is -1.85. The molecule has 1 rings (SSSR count). The molecule has 0 unspecified atom stereocenters. The van der Waals surface area contributed by atoms with E-state index >= 15 is 0 Å². The summed E-state index contributed by atoms with van der Waals surface area (Å²) in [4.78, 5) is 19.9. The number of anilines is 1. The zero-order chi connectivity index (χ0) is 9.84. The van der Waals surface area contributed by atoms with Crippen molar-refractivity contribution in [2.24, 2.45) is 5.73 Å². The van der Waals surface area contributed by atoms with Crippen molar-refractivity contribution in [2.75, 3.05) is 19.0 Å². The predicted molar refractivity (Wildman–Crippen MR) is 46.6 cm³/mol. The molecule has 0 radical (unpaired) electrons. The van der Waals surface area contributed by atoms with Gasteiger partial charge in [0.1, 0.15) is 0 Å². The molecular weight excluding hydrogens is 172 g/mol. The van der Waals surface area contributed by atoms with Crippen LogP contribution in [0.2, 0.25) is 0 Å². The van der Waals surface area contributed by atoms with Crippen molar-refractivity contribution in [3.8, 4) is 5.75 Å². The van der Waals surface area contributed by atoms with Gasteiger partial charge in [0.25, 0.3) is 0 Å². The van der Waals surface area contributed by atoms with E-state index in [-0.39, 0.29) is 5.75 Å². The van der Waals surface area contributed by atoms with E-state index in [1.807, 2.05) is 14.1 Å². The molecule has 2 N–H and O–H groups in total. The summed E-state index contributed by atoms with van der Waals surface area (Å²) in [5, 5.41) is 0. The minimum Gasteiger partial charge on any atom is -0.407 e. The Morgan fingerprint density at radius 2 is 2.00 bits per heavy atom. The summed E-state index contributed by atoms with van der Waals surface area (Å²) in [6.07, 6.45) is 1.89. The van der Waals surface area contributed by atoms with E-state index < -0.39 is 6.09 Å². The molecule has 1 aromatic heterocycles. The van der Waals surface area contributed by atoms with Gasteiger partial charge in [-0.3, -0.25) is 0 Å². The number of hydrogen-bond donors (Lipinski definition) is 1. The lowest BCUT2D eigenvalue weighted by molar-refractivity contribution is 0.210. The summed E-state index contributed by atoms with van der Waals surface area (Å²) in [6.45, 7) is 0. The van der Waals surface area contributed by atoms with Gasteiger partial charge in [0.05, 0.1) is 12.4 Å². The number of aromatic nitrogens is 2. The third-order valence-corrected chi connectivity index (χ3v) is 1.23. The zero-order valence-electron chi connectivity index (χ0n) is 7.39. The Balaban J connectivity index is 2.75. The van der Waals surface area contributed by atoms with Crippen LogP contribution in [0, 0.1) is 0 Å². The van der Waals surface area contributed by atoms with E-state index in [1.165, 1.54) is 12.4 Å². The lowest BCUT2D eigenvalue weighted by atomic mass is 10.6. The van der Waals surface area contributed by atoms with Gasteiger partial charge >= 0.3 is 6.09 Å². The molecule has 6 heteroatoms. The molecule has 6 nitrogen and oxygen atoms in total. The molecule has 0 aliphatic rings. The molecule has 0 saturated carbocycles. The predicted octanol–water partition coefficient (Wildman–Crippen LogP) is 0.0001000. The minimum absolute atomic E-state index is 0.234. The standard InChI is InChI=1S/C7H10N4O2/c1-11(2)7-9-3-5(4-10-7)13-6(8)12/h3-4H,1-2H3,(H2,8,12). The first-order valence-electron chi connectivity index (χ1n) is 3.56. The van der Waals surface area contributed by atoms with E-state index in [0.717, 1.165) is 0 Å². The van der Waals surface area contributed by atoms with E-state index in [1.54, 1.807) is 4.90 Å². The topological polar surface area (TPSA) is 81.3 Å². The van der Waals surface area contributed by atoms with Crippen LogP contribution in [0.1, 0.15) is 0 Å². The molecule has 70 valence electrons. The fourth-order valence-corrected chi connectivity index (χ4v) is 0.709. The Labute approximate surface area is 75.3 Å². The number of amides is 1. The summed E-state index contributed by atoms with van der Waals surface area (Å²) in [6, 6.07) is 0. The van der Waals surface area contributed by atoms with Gasteiger partial charge in [0.15, 0.2) is 5.75 Å². The van der Waals surface area contributed by atoms with Crippen molar-refractivity contribution in [3.05, 3.63) is 12.4 Å². The first-order valence-corrected chi connectivity index (χ1v) is 3.56. The average molecular weight is 182 g/mol. The van der Waals surface area contributed by atoms with Gasteiger partial charge in [0.2, 0.25) is 5.95 Å². The second kappa shape index (κ2) is 3.70. The quantitative estimate of drug-likeness (QED) is 0.696. The number of primary amides is 1. The first-order chi connectivity index (χ1) is 6.09. The largest absolute Gasteiger partial charge is 0.410 e. The molecule has 1 aromatic rings. The lowest BCUT2D eigenvalue weighted by Gasteiger charge is -2.08. The number of hydrogen-bond acceptors (Lipinski definition) is 5. The van der Waals surface area contributed by atoms with Gasteiger partial charge in [-0.1, -0.05) is 0 Å². The van der Waals surface area contributed by atoms with E-state index in [4.69, 9.17) is 5.73 Å². The van der Waals surface area contributed by atoms with Gasteiger partial charge in [-0.25, -0.2) is 14.8 Å². The number of carbonyl (C=O) groups is 1. The van der Waals surface area contributed by atoms with Crippen LogP contribution in [-0.4, -0.2) is 30.2 Å². The van der Waals surface area contributed by atoms with Gasteiger partial charge in [-0.05, 0) is 0 Å². The second-order valence-electron chi connectivity index (χ2n) is 2.53. The second-order valence-corrected chi connectivity index (χ2v) is 2.53. The maximum Gasteiger partial charge on any atom is 0.410 e. The van der Waals surface area contributed by atoms with Crippen LogP contribution >= 0.6 is 0 Å². The summed E-state index contributed by atoms with van der Waals surface area (Å²) >= 11 is 0. The smallest absolute Gasteiger partial charge is 0.407 e. The molecule has 13 heavy (non-hydrogen) atoms. The van der Waals surface area contributed by atoms with Gasteiger partial charge < -0.3 is 15.4 Å². The van der Waals surface area contributed by atoms with Crippen molar-refractivity contribution in [3.63, 3.8) is 0 Å². The normalized spacial score (nSPS) is 9.38. The molecule has 0 atom stereocenters. The highest BCUT2D eigenvalue weighted by atomic mass is 16.5. The number of carbonyl (C=O) groups excluding carboxylic acids is 1. The lowest BCUT2D eigenvalue weighted by Crippen LogP contribution is -2.17. The molecule has 0 saturated heterocycles. The Bertz CT molecular complexity index is 296. The third kappa shape index (κ3) is 2.58. The van der Waals surface area contributed by atoms with E-state index in [2.05, 4.69) is 14.7 Å². The highest BCUT2D eigenvalue weighted by Gasteiger charge is 2.01. The summed E-state index contributed by atoms with van der Waals surface area (Å²) in [7, 11) is 3.62. The minimum atomic E-state index is -0.874. The van der Waals surface area contributed by atoms with Crippen molar-refractivity contribution < 1.29 is 9.53 Å². The number of nitrogens with two attached hydrogens (primary N) is 1. The number of ether oxygens (including phenoxy) is 1. The van der Waals surface area contributed by atoms with Crippen LogP contribution in [0.5, 0.6) is 5.75 Å². The van der Waals surface area contributed by atoms with Crippen LogP contribution in [-0.2, 0) is 0 Å².